The van der Waals surface area contributed by atoms with Crippen LogP contribution in [0.2, 0.25) is 5.02 Å². The lowest BCUT2D eigenvalue weighted by Crippen LogP contribution is -2.41. The SMILES string of the molecule is CC1CN(c2c(Cl)cccc2C=O)CC(C)S1. The first-order valence-corrected chi connectivity index (χ1v) is 7.08. The molecule has 4 heteroatoms. The minimum Gasteiger partial charge on any atom is -0.368 e. The third-order valence-corrected chi connectivity index (χ3v) is 4.41. The fraction of sp³-hybridized carbons (Fsp3) is 0.462. The van der Waals surface area contributed by atoms with Crippen LogP contribution in [0.3, 0.4) is 0 Å². The molecule has 1 aliphatic rings. The maximum absolute atomic E-state index is 11.1. The molecule has 0 radical (unpaired) electrons. The highest BCUT2D eigenvalue weighted by molar-refractivity contribution is 8.00. The van der Waals surface area contributed by atoms with Gasteiger partial charge in [-0.15, -0.1) is 0 Å². The minimum atomic E-state index is 0.564. The first-order valence-electron chi connectivity index (χ1n) is 5.76. The summed E-state index contributed by atoms with van der Waals surface area (Å²) in [5.74, 6) is 0. The smallest absolute Gasteiger partial charge is 0.152 e. The van der Waals surface area contributed by atoms with Gasteiger partial charge in [-0.25, -0.2) is 0 Å². The van der Waals surface area contributed by atoms with Gasteiger partial charge in [-0.3, -0.25) is 4.79 Å². The Morgan fingerprint density at radius 3 is 2.59 bits per heavy atom. The number of carbonyl (C=O) groups excluding carboxylic acids is 1. The number of rotatable bonds is 2. The molecule has 1 aromatic carbocycles. The van der Waals surface area contributed by atoms with Crippen LogP contribution in [0.4, 0.5) is 5.69 Å². The molecule has 17 heavy (non-hydrogen) atoms. The predicted octanol–water partition coefficient (Wildman–Crippen LogP) is 3.48. The van der Waals surface area contributed by atoms with E-state index in [4.69, 9.17) is 11.6 Å². The second kappa shape index (κ2) is 5.32. The van der Waals surface area contributed by atoms with Crippen LogP contribution in [-0.2, 0) is 0 Å². The van der Waals surface area contributed by atoms with Gasteiger partial charge in [-0.1, -0.05) is 31.5 Å². The molecule has 0 aliphatic carbocycles. The first kappa shape index (κ1) is 12.8. The Morgan fingerprint density at radius 2 is 2.00 bits per heavy atom. The monoisotopic (exact) mass is 269 g/mol. The number of aldehydes is 1. The minimum absolute atomic E-state index is 0.564. The highest BCUT2D eigenvalue weighted by Gasteiger charge is 2.25. The van der Waals surface area contributed by atoms with Crippen molar-refractivity contribution in [2.75, 3.05) is 18.0 Å². The van der Waals surface area contributed by atoms with E-state index in [1.54, 1.807) is 0 Å². The van der Waals surface area contributed by atoms with E-state index in [0.29, 0.717) is 21.1 Å². The van der Waals surface area contributed by atoms with E-state index in [9.17, 15) is 4.79 Å². The van der Waals surface area contributed by atoms with E-state index in [0.717, 1.165) is 25.1 Å². The molecule has 2 rings (SSSR count). The van der Waals surface area contributed by atoms with Crippen molar-refractivity contribution in [3.63, 3.8) is 0 Å². The Balaban J connectivity index is 2.35. The van der Waals surface area contributed by atoms with E-state index in [1.807, 2.05) is 30.0 Å². The number of hydrogen-bond donors (Lipinski definition) is 0. The number of anilines is 1. The zero-order valence-corrected chi connectivity index (χ0v) is 11.6. The molecule has 1 saturated heterocycles. The summed E-state index contributed by atoms with van der Waals surface area (Å²) in [6.07, 6.45) is 0.887. The lowest BCUT2D eigenvalue weighted by atomic mass is 10.1. The molecule has 92 valence electrons. The first-order chi connectivity index (χ1) is 8.11. The average Bonchev–Trinajstić information content (AvgIpc) is 2.27. The quantitative estimate of drug-likeness (QED) is 0.767. The van der Waals surface area contributed by atoms with Crippen LogP contribution in [-0.4, -0.2) is 29.9 Å². The van der Waals surface area contributed by atoms with E-state index in [2.05, 4.69) is 18.7 Å². The standard InChI is InChI=1S/C13H16ClNOS/c1-9-6-15(7-10(2)17-9)13-11(8-16)4-3-5-12(13)14/h3-5,8-10H,6-7H2,1-2H3. The van der Waals surface area contributed by atoms with Crippen molar-refractivity contribution in [3.8, 4) is 0 Å². The molecule has 0 amide bonds. The Morgan fingerprint density at radius 1 is 1.35 bits per heavy atom. The van der Waals surface area contributed by atoms with Crippen LogP contribution in [0, 0.1) is 0 Å². The summed E-state index contributed by atoms with van der Waals surface area (Å²) in [4.78, 5) is 13.3. The average molecular weight is 270 g/mol. The number of para-hydroxylation sites is 1. The second-order valence-corrected chi connectivity index (χ2v) is 6.75. The van der Waals surface area contributed by atoms with Gasteiger partial charge in [0.2, 0.25) is 0 Å². The molecular weight excluding hydrogens is 254 g/mol. The van der Waals surface area contributed by atoms with Crippen molar-refractivity contribution in [3.05, 3.63) is 28.8 Å². The zero-order chi connectivity index (χ0) is 12.4. The third-order valence-electron chi connectivity index (χ3n) is 2.88. The fourth-order valence-corrected chi connectivity index (χ4v) is 3.95. The van der Waals surface area contributed by atoms with E-state index >= 15 is 0 Å². The van der Waals surface area contributed by atoms with E-state index in [1.165, 1.54) is 0 Å². The van der Waals surface area contributed by atoms with Crippen molar-refractivity contribution >= 4 is 35.3 Å². The number of halogens is 1. The van der Waals surface area contributed by atoms with Crippen molar-refractivity contribution in [2.24, 2.45) is 0 Å². The molecule has 0 aromatic heterocycles. The van der Waals surface area contributed by atoms with Crippen LogP contribution >= 0.6 is 23.4 Å². The third kappa shape index (κ3) is 2.78. The maximum Gasteiger partial charge on any atom is 0.152 e. The van der Waals surface area contributed by atoms with Crippen LogP contribution in [0.5, 0.6) is 0 Å². The summed E-state index contributed by atoms with van der Waals surface area (Å²) in [6.45, 7) is 6.31. The van der Waals surface area contributed by atoms with Crippen LogP contribution < -0.4 is 4.90 Å². The van der Waals surface area contributed by atoms with Gasteiger partial charge in [0.05, 0.1) is 10.7 Å². The van der Waals surface area contributed by atoms with Crippen molar-refractivity contribution in [1.82, 2.24) is 0 Å². The van der Waals surface area contributed by atoms with Gasteiger partial charge in [-0.05, 0) is 12.1 Å². The predicted molar refractivity (Wildman–Crippen MR) is 75.6 cm³/mol. The molecule has 1 fully saturated rings. The second-order valence-electron chi connectivity index (χ2n) is 4.46. The number of thioether (sulfide) groups is 1. The highest BCUT2D eigenvalue weighted by Crippen LogP contribution is 2.34. The van der Waals surface area contributed by atoms with Crippen molar-refractivity contribution in [1.29, 1.82) is 0 Å². The largest absolute Gasteiger partial charge is 0.368 e. The molecule has 0 N–H and O–H groups in total. The summed E-state index contributed by atoms with van der Waals surface area (Å²) in [5, 5.41) is 1.80. The number of hydrogen-bond acceptors (Lipinski definition) is 3. The van der Waals surface area contributed by atoms with Gasteiger partial charge in [0, 0.05) is 29.2 Å². The van der Waals surface area contributed by atoms with Crippen LogP contribution in [0.15, 0.2) is 18.2 Å². The molecule has 2 atom stereocenters. The highest BCUT2D eigenvalue weighted by atomic mass is 35.5. The lowest BCUT2D eigenvalue weighted by Gasteiger charge is -2.37. The normalized spacial score (nSPS) is 24.8. The number of nitrogens with zero attached hydrogens (tertiary/aromatic N) is 1. The Kier molecular flexibility index (Phi) is 4.00. The molecule has 2 unspecified atom stereocenters. The van der Waals surface area contributed by atoms with Gasteiger partial charge < -0.3 is 4.90 Å². The fourth-order valence-electron chi connectivity index (χ4n) is 2.32. The Labute approximate surface area is 111 Å². The lowest BCUT2D eigenvalue weighted by molar-refractivity contribution is 0.112. The molecule has 0 spiro atoms. The molecule has 2 nitrogen and oxygen atoms in total. The van der Waals surface area contributed by atoms with Gasteiger partial charge in [0.25, 0.3) is 0 Å². The maximum atomic E-state index is 11.1. The van der Waals surface area contributed by atoms with Crippen molar-refractivity contribution in [2.45, 2.75) is 24.3 Å². The molecule has 0 saturated carbocycles. The molecule has 1 aromatic rings. The van der Waals surface area contributed by atoms with Gasteiger partial charge in [0.15, 0.2) is 6.29 Å². The van der Waals surface area contributed by atoms with Crippen molar-refractivity contribution < 1.29 is 4.79 Å². The number of benzene rings is 1. The number of carbonyl (C=O) groups is 1. The van der Waals surface area contributed by atoms with Gasteiger partial charge >= 0.3 is 0 Å². The van der Waals surface area contributed by atoms with Crippen LogP contribution in [0.1, 0.15) is 24.2 Å². The van der Waals surface area contributed by atoms with E-state index < -0.39 is 0 Å². The molecule has 1 heterocycles. The molecular formula is C13H16ClNOS. The Bertz CT molecular complexity index is 414. The van der Waals surface area contributed by atoms with Crippen LogP contribution in [0.25, 0.3) is 0 Å². The van der Waals surface area contributed by atoms with Gasteiger partial charge in [0.1, 0.15) is 0 Å². The van der Waals surface area contributed by atoms with Gasteiger partial charge in [-0.2, -0.15) is 11.8 Å². The summed E-state index contributed by atoms with van der Waals surface area (Å²) in [5.41, 5.74) is 1.58. The summed E-state index contributed by atoms with van der Waals surface area (Å²) in [6, 6.07) is 5.49. The zero-order valence-electron chi connectivity index (χ0n) is 10.0. The Hall–Kier alpha value is -0.670. The molecule has 0 bridgehead atoms. The topological polar surface area (TPSA) is 20.3 Å². The molecule has 1 aliphatic heterocycles. The summed E-state index contributed by atoms with van der Waals surface area (Å²) >= 11 is 8.22. The van der Waals surface area contributed by atoms with E-state index in [-0.39, 0.29) is 0 Å². The summed E-state index contributed by atoms with van der Waals surface area (Å²) in [7, 11) is 0. The summed E-state index contributed by atoms with van der Waals surface area (Å²) < 4.78 is 0.